The topological polar surface area (TPSA) is 66.8 Å². The molecule has 9 heteroatoms. The summed E-state index contributed by atoms with van der Waals surface area (Å²) in [5.41, 5.74) is 0.335. The van der Waals surface area contributed by atoms with Gasteiger partial charge in [-0.25, -0.2) is 8.42 Å². The van der Waals surface area contributed by atoms with Gasteiger partial charge in [0, 0.05) is 0 Å². The third kappa shape index (κ3) is 4.39. The first kappa shape index (κ1) is 18.1. The van der Waals surface area contributed by atoms with Crippen molar-refractivity contribution >= 4 is 15.7 Å². The first-order valence-electron chi connectivity index (χ1n) is 6.78. The Morgan fingerprint density at radius 3 is 2.08 bits per heavy atom. The van der Waals surface area contributed by atoms with Crippen LogP contribution in [0.4, 0.5) is 18.9 Å². The first-order chi connectivity index (χ1) is 11.2. The Labute approximate surface area is 137 Å². The van der Waals surface area contributed by atoms with Crippen molar-refractivity contribution in [2.45, 2.75) is 11.3 Å². The first-order valence-corrected chi connectivity index (χ1v) is 8.22. The molecule has 2 aromatic rings. The number of ether oxygens (including phenoxy) is 1. The van der Waals surface area contributed by atoms with Crippen LogP contribution in [0.1, 0.15) is 0 Å². The third-order valence-electron chi connectivity index (χ3n) is 2.99. The smallest absolute Gasteiger partial charge is 0.406 e. The van der Waals surface area contributed by atoms with Gasteiger partial charge in [0.15, 0.2) is 0 Å². The molecular weight excluding hydrogens is 347 g/mol. The Bertz CT molecular complexity index is 762. The number of nitrogens with zero attached hydrogens (tertiary/aromatic N) is 1. The van der Waals surface area contributed by atoms with Gasteiger partial charge in [0.1, 0.15) is 5.75 Å². The minimum Gasteiger partial charge on any atom is -0.406 e. The molecule has 130 valence electrons. The fourth-order valence-electron chi connectivity index (χ4n) is 2.01. The molecule has 0 aromatic heterocycles. The second-order valence-electron chi connectivity index (χ2n) is 4.66. The summed E-state index contributed by atoms with van der Waals surface area (Å²) < 4.78 is 66.5. The second-order valence-corrected chi connectivity index (χ2v) is 6.52. The van der Waals surface area contributed by atoms with Crippen molar-refractivity contribution in [1.29, 1.82) is 0 Å². The van der Waals surface area contributed by atoms with E-state index in [1.807, 2.05) is 0 Å². The van der Waals surface area contributed by atoms with Crippen LogP contribution in [0.25, 0.3) is 0 Å². The maximum Gasteiger partial charge on any atom is 0.573 e. The maximum atomic E-state index is 12.7. The fraction of sp³-hybridized carbons (Fsp3) is 0.200. The van der Waals surface area contributed by atoms with Crippen LogP contribution in [0.2, 0.25) is 0 Å². The van der Waals surface area contributed by atoms with E-state index in [4.69, 9.17) is 5.11 Å². The van der Waals surface area contributed by atoms with Crippen molar-refractivity contribution in [2.24, 2.45) is 0 Å². The standard InChI is InChI=1S/C15H14F3NO4S/c16-15(17,18)23-13-6-8-14(9-7-13)24(21,22)19(10-11-20)12-4-2-1-3-5-12/h1-9,20H,10-11H2. The summed E-state index contributed by atoms with van der Waals surface area (Å²) in [6.45, 7) is -0.601. The fourth-order valence-corrected chi connectivity index (χ4v) is 3.47. The van der Waals surface area contributed by atoms with Gasteiger partial charge in [-0.05, 0) is 36.4 Å². The quantitative estimate of drug-likeness (QED) is 0.859. The maximum absolute atomic E-state index is 12.7. The van der Waals surface area contributed by atoms with Gasteiger partial charge in [0.05, 0.1) is 23.7 Å². The number of rotatable bonds is 6. The molecule has 1 N–H and O–H groups in total. The molecule has 0 aliphatic carbocycles. The van der Waals surface area contributed by atoms with Gasteiger partial charge in [0.2, 0.25) is 0 Å². The molecule has 0 heterocycles. The van der Waals surface area contributed by atoms with Gasteiger partial charge in [-0.1, -0.05) is 18.2 Å². The number of hydrogen-bond donors (Lipinski definition) is 1. The Hall–Kier alpha value is -2.26. The van der Waals surface area contributed by atoms with Gasteiger partial charge in [-0.2, -0.15) is 0 Å². The van der Waals surface area contributed by atoms with E-state index >= 15 is 0 Å². The van der Waals surface area contributed by atoms with E-state index in [-0.39, 0.29) is 11.4 Å². The molecular formula is C15H14F3NO4S. The Kier molecular flexibility index (Phi) is 5.35. The monoisotopic (exact) mass is 361 g/mol. The molecule has 5 nitrogen and oxygen atoms in total. The SMILES string of the molecule is O=S(=O)(c1ccc(OC(F)(F)F)cc1)N(CCO)c1ccccc1. The summed E-state index contributed by atoms with van der Waals surface area (Å²) in [6.07, 6.45) is -4.85. The van der Waals surface area contributed by atoms with Crippen LogP contribution in [0.3, 0.4) is 0 Å². The number of aliphatic hydroxyl groups excluding tert-OH is 1. The number of halogens is 3. The largest absolute Gasteiger partial charge is 0.573 e. The summed E-state index contributed by atoms with van der Waals surface area (Å²) in [5, 5.41) is 9.13. The number of hydrogen-bond acceptors (Lipinski definition) is 4. The molecule has 2 aromatic carbocycles. The molecule has 0 radical (unpaired) electrons. The highest BCUT2D eigenvalue weighted by Crippen LogP contribution is 2.27. The van der Waals surface area contributed by atoms with Crippen molar-refractivity contribution in [3.05, 3.63) is 54.6 Å². The highest BCUT2D eigenvalue weighted by molar-refractivity contribution is 7.92. The lowest BCUT2D eigenvalue weighted by atomic mass is 10.3. The van der Waals surface area contributed by atoms with Crippen LogP contribution >= 0.6 is 0 Å². The molecule has 0 saturated heterocycles. The summed E-state index contributed by atoms with van der Waals surface area (Å²) >= 11 is 0. The number of anilines is 1. The molecule has 0 aliphatic heterocycles. The van der Waals surface area contributed by atoms with Gasteiger partial charge in [0.25, 0.3) is 10.0 Å². The molecule has 0 unspecified atom stereocenters. The van der Waals surface area contributed by atoms with E-state index < -0.39 is 28.7 Å². The lowest BCUT2D eigenvalue weighted by Gasteiger charge is -2.23. The molecule has 0 aliphatic rings. The lowest BCUT2D eigenvalue weighted by molar-refractivity contribution is -0.274. The third-order valence-corrected chi connectivity index (χ3v) is 4.83. The molecule has 0 saturated carbocycles. The predicted molar refractivity (Wildman–Crippen MR) is 81.2 cm³/mol. The minimum atomic E-state index is -4.85. The van der Waals surface area contributed by atoms with Gasteiger partial charge >= 0.3 is 6.36 Å². The molecule has 0 bridgehead atoms. The summed E-state index contributed by atoms with van der Waals surface area (Å²) in [6, 6.07) is 11.9. The Morgan fingerprint density at radius 1 is 1.00 bits per heavy atom. The molecule has 0 fully saturated rings. The van der Waals surface area contributed by atoms with Crippen molar-refractivity contribution in [2.75, 3.05) is 17.5 Å². The number of benzene rings is 2. The summed E-state index contributed by atoms with van der Waals surface area (Å²) in [7, 11) is -4.04. The average molecular weight is 361 g/mol. The van der Waals surface area contributed by atoms with Crippen LogP contribution in [0, 0.1) is 0 Å². The number of sulfonamides is 1. The van der Waals surface area contributed by atoms with Crippen LogP contribution in [-0.4, -0.2) is 33.0 Å². The van der Waals surface area contributed by atoms with Crippen LogP contribution in [0.5, 0.6) is 5.75 Å². The highest BCUT2D eigenvalue weighted by Gasteiger charge is 2.31. The second kappa shape index (κ2) is 7.10. The van der Waals surface area contributed by atoms with Crippen LogP contribution < -0.4 is 9.04 Å². The van der Waals surface area contributed by atoms with E-state index in [1.54, 1.807) is 30.3 Å². The van der Waals surface area contributed by atoms with E-state index in [0.717, 1.165) is 28.6 Å². The van der Waals surface area contributed by atoms with Gasteiger partial charge in [-0.15, -0.1) is 13.2 Å². The van der Waals surface area contributed by atoms with Crippen molar-refractivity contribution in [3.63, 3.8) is 0 Å². The minimum absolute atomic E-state index is 0.187. The molecule has 2 rings (SSSR count). The Morgan fingerprint density at radius 2 is 1.58 bits per heavy atom. The zero-order chi connectivity index (χ0) is 17.8. The predicted octanol–water partition coefficient (Wildman–Crippen LogP) is 2.77. The highest BCUT2D eigenvalue weighted by atomic mass is 32.2. The van der Waals surface area contributed by atoms with Crippen LogP contribution in [0.15, 0.2) is 59.5 Å². The van der Waals surface area contributed by atoms with Crippen molar-refractivity contribution in [1.82, 2.24) is 0 Å². The van der Waals surface area contributed by atoms with E-state index in [2.05, 4.69) is 4.74 Å². The normalized spacial score (nSPS) is 12.0. The van der Waals surface area contributed by atoms with E-state index in [1.165, 1.54) is 0 Å². The van der Waals surface area contributed by atoms with Crippen molar-refractivity contribution < 1.29 is 31.4 Å². The number of alkyl halides is 3. The molecule has 24 heavy (non-hydrogen) atoms. The zero-order valence-electron chi connectivity index (χ0n) is 12.3. The Balaban J connectivity index is 2.33. The summed E-state index contributed by atoms with van der Waals surface area (Å²) in [4.78, 5) is -0.214. The van der Waals surface area contributed by atoms with Gasteiger partial charge < -0.3 is 9.84 Å². The van der Waals surface area contributed by atoms with Crippen molar-refractivity contribution in [3.8, 4) is 5.75 Å². The molecule has 0 amide bonds. The average Bonchev–Trinajstić information content (AvgIpc) is 2.52. The molecule has 0 spiro atoms. The zero-order valence-corrected chi connectivity index (χ0v) is 13.1. The lowest BCUT2D eigenvalue weighted by Crippen LogP contribution is -2.33. The molecule has 0 atom stereocenters. The van der Waals surface area contributed by atoms with E-state index in [0.29, 0.717) is 5.69 Å². The van der Waals surface area contributed by atoms with Crippen LogP contribution in [-0.2, 0) is 10.0 Å². The van der Waals surface area contributed by atoms with Gasteiger partial charge in [-0.3, -0.25) is 4.31 Å². The number of aliphatic hydroxyl groups is 1. The summed E-state index contributed by atoms with van der Waals surface area (Å²) in [5.74, 6) is -0.519. The van der Waals surface area contributed by atoms with E-state index in [9.17, 15) is 21.6 Å². The number of para-hydroxylation sites is 1.